The van der Waals surface area contributed by atoms with Crippen LogP contribution in [0.2, 0.25) is 0 Å². The molecule has 0 aliphatic rings. The van der Waals surface area contributed by atoms with Crippen LogP contribution in [-0.4, -0.2) is 19.9 Å². The summed E-state index contributed by atoms with van der Waals surface area (Å²) >= 11 is 0. The van der Waals surface area contributed by atoms with Crippen LogP contribution in [0.25, 0.3) is 34.2 Å². The highest BCUT2D eigenvalue weighted by Crippen LogP contribution is 2.29. The zero-order valence-corrected chi connectivity index (χ0v) is 17.3. The van der Waals surface area contributed by atoms with Gasteiger partial charge in [0.1, 0.15) is 5.82 Å². The van der Waals surface area contributed by atoms with E-state index in [4.69, 9.17) is 4.52 Å². The lowest BCUT2D eigenvalue weighted by molar-refractivity contribution is 0.430. The molecule has 0 spiro atoms. The van der Waals surface area contributed by atoms with Gasteiger partial charge in [0, 0.05) is 17.7 Å². The zero-order chi connectivity index (χ0) is 21.3. The lowest BCUT2D eigenvalue weighted by Gasteiger charge is -2.09. The molecule has 4 aromatic rings. The average molecular weight is 402 g/mol. The lowest BCUT2D eigenvalue weighted by atomic mass is 9.97. The SMILES string of the molecule is C=CCc1c(C)cc(-c2noc(-c3cc(-c4ccc(F)cc4)n(CC)n3)n2)cc1C. The van der Waals surface area contributed by atoms with Crippen LogP contribution in [0.1, 0.15) is 23.6 Å². The van der Waals surface area contributed by atoms with Crippen molar-refractivity contribution in [2.24, 2.45) is 0 Å². The van der Waals surface area contributed by atoms with Gasteiger partial charge in [-0.1, -0.05) is 11.2 Å². The number of hydrogen-bond acceptors (Lipinski definition) is 4. The molecule has 0 aliphatic carbocycles. The summed E-state index contributed by atoms with van der Waals surface area (Å²) in [5.74, 6) is 0.606. The second kappa shape index (κ2) is 8.06. The fourth-order valence-electron chi connectivity index (χ4n) is 3.65. The topological polar surface area (TPSA) is 56.7 Å². The first-order valence-corrected chi connectivity index (χ1v) is 9.89. The van der Waals surface area contributed by atoms with Crippen LogP contribution in [0.15, 0.2) is 59.6 Å². The molecule has 2 heterocycles. The molecule has 0 aliphatic heterocycles. The van der Waals surface area contributed by atoms with Crippen LogP contribution in [0, 0.1) is 19.7 Å². The fourth-order valence-corrected chi connectivity index (χ4v) is 3.65. The molecule has 4 rings (SSSR count). The Morgan fingerprint density at radius 2 is 1.77 bits per heavy atom. The van der Waals surface area contributed by atoms with E-state index in [1.54, 1.807) is 12.1 Å². The molecule has 2 aromatic carbocycles. The monoisotopic (exact) mass is 402 g/mol. The van der Waals surface area contributed by atoms with Gasteiger partial charge in [-0.3, -0.25) is 4.68 Å². The van der Waals surface area contributed by atoms with Crippen LogP contribution in [0.3, 0.4) is 0 Å². The summed E-state index contributed by atoms with van der Waals surface area (Å²) < 4.78 is 20.6. The van der Waals surface area contributed by atoms with Crippen molar-refractivity contribution in [3.63, 3.8) is 0 Å². The Hall–Kier alpha value is -3.54. The molecule has 0 bridgehead atoms. The third-order valence-electron chi connectivity index (χ3n) is 5.17. The first-order valence-electron chi connectivity index (χ1n) is 9.89. The Labute approximate surface area is 174 Å². The molecule has 0 fully saturated rings. The molecule has 5 nitrogen and oxygen atoms in total. The summed E-state index contributed by atoms with van der Waals surface area (Å²) in [7, 11) is 0. The van der Waals surface area contributed by atoms with Crippen molar-refractivity contribution < 1.29 is 8.91 Å². The van der Waals surface area contributed by atoms with Crippen molar-refractivity contribution in [2.45, 2.75) is 33.7 Å². The Morgan fingerprint density at radius 1 is 1.07 bits per heavy atom. The zero-order valence-electron chi connectivity index (χ0n) is 17.3. The largest absolute Gasteiger partial charge is 0.332 e. The summed E-state index contributed by atoms with van der Waals surface area (Å²) in [4.78, 5) is 4.57. The van der Waals surface area contributed by atoms with Gasteiger partial charge < -0.3 is 4.52 Å². The summed E-state index contributed by atoms with van der Waals surface area (Å²) in [6.45, 7) is 10.6. The van der Waals surface area contributed by atoms with E-state index in [9.17, 15) is 4.39 Å². The Morgan fingerprint density at radius 3 is 2.40 bits per heavy atom. The quantitative estimate of drug-likeness (QED) is 0.384. The standard InChI is InChI=1S/C24H23FN4O/c1-5-7-20-15(3)12-18(13-16(20)4)23-26-24(30-28-23)21-14-22(29(6-2)27-21)17-8-10-19(25)11-9-17/h5,8-14H,1,6-7H2,2-4H3. The molecule has 152 valence electrons. The molecular weight excluding hydrogens is 379 g/mol. The fraction of sp³-hybridized carbons (Fsp3) is 0.208. The van der Waals surface area contributed by atoms with E-state index in [-0.39, 0.29) is 5.82 Å². The van der Waals surface area contributed by atoms with Crippen molar-refractivity contribution >= 4 is 0 Å². The van der Waals surface area contributed by atoms with Gasteiger partial charge in [0.05, 0.1) is 5.69 Å². The maximum Gasteiger partial charge on any atom is 0.278 e. The first-order chi connectivity index (χ1) is 14.5. The number of nitrogens with zero attached hydrogens (tertiary/aromatic N) is 4. The van der Waals surface area contributed by atoms with Crippen molar-refractivity contribution in [3.8, 4) is 34.2 Å². The average Bonchev–Trinajstić information content (AvgIpc) is 3.38. The van der Waals surface area contributed by atoms with Gasteiger partial charge in [0.25, 0.3) is 5.89 Å². The minimum atomic E-state index is -0.271. The molecule has 2 aromatic heterocycles. The lowest BCUT2D eigenvalue weighted by Crippen LogP contribution is -1.99. The molecule has 0 amide bonds. The van der Waals surface area contributed by atoms with E-state index < -0.39 is 0 Å². The molecule has 30 heavy (non-hydrogen) atoms. The van der Waals surface area contributed by atoms with Crippen LogP contribution < -0.4 is 0 Å². The second-order valence-corrected chi connectivity index (χ2v) is 7.24. The van der Waals surface area contributed by atoms with Crippen molar-refractivity contribution in [1.29, 1.82) is 0 Å². The Bertz CT molecular complexity index is 1180. The van der Waals surface area contributed by atoms with Gasteiger partial charge in [0.2, 0.25) is 5.82 Å². The summed E-state index contributed by atoms with van der Waals surface area (Å²) in [6, 6.07) is 12.4. The number of rotatable bonds is 6. The number of halogens is 1. The van der Waals surface area contributed by atoms with Crippen LogP contribution >= 0.6 is 0 Å². The van der Waals surface area contributed by atoms with Gasteiger partial charge in [0.15, 0.2) is 5.69 Å². The van der Waals surface area contributed by atoms with Gasteiger partial charge in [-0.25, -0.2) is 4.39 Å². The summed E-state index contributed by atoms with van der Waals surface area (Å²) in [5.41, 5.74) is 6.85. The highest BCUT2D eigenvalue weighted by molar-refractivity contribution is 5.66. The predicted octanol–water partition coefficient (Wildman–Crippen LogP) is 5.77. The van der Waals surface area contributed by atoms with Crippen molar-refractivity contribution in [3.05, 3.63) is 77.6 Å². The number of aryl methyl sites for hydroxylation is 3. The van der Waals surface area contributed by atoms with Gasteiger partial charge in [-0.2, -0.15) is 10.1 Å². The van der Waals surface area contributed by atoms with E-state index in [0.717, 1.165) is 23.2 Å². The smallest absolute Gasteiger partial charge is 0.278 e. The first kappa shape index (κ1) is 19.8. The van der Waals surface area contributed by atoms with Crippen molar-refractivity contribution in [2.75, 3.05) is 0 Å². The number of aromatic nitrogens is 4. The number of hydrogen-bond donors (Lipinski definition) is 0. The van der Waals surface area contributed by atoms with E-state index in [2.05, 4.69) is 47.8 Å². The molecule has 0 N–H and O–H groups in total. The molecule has 0 atom stereocenters. The van der Waals surface area contributed by atoms with E-state index in [1.807, 2.05) is 23.7 Å². The molecule has 0 unspecified atom stereocenters. The number of benzene rings is 2. The van der Waals surface area contributed by atoms with Gasteiger partial charge in [-0.15, -0.1) is 6.58 Å². The van der Waals surface area contributed by atoms with Gasteiger partial charge in [-0.05, 0) is 86.3 Å². The minimum absolute atomic E-state index is 0.271. The van der Waals surface area contributed by atoms with Crippen LogP contribution in [0.4, 0.5) is 4.39 Å². The Kier molecular flexibility index (Phi) is 5.31. The van der Waals surface area contributed by atoms with Crippen LogP contribution in [-0.2, 0) is 13.0 Å². The predicted molar refractivity (Wildman–Crippen MR) is 115 cm³/mol. The minimum Gasteiger partial charge on any atom is -0.332 e. The highest BCUT2D eigenvalue weighted by atomic mass is 19.1. The highest BCUT2D eigenvalue weighted by Gasteiger charge is 2.18. The van der Waals surface area contributed by atoms with Gasteiger partial charge >= 0.3 is 0 Å². The molecule has 6 heteroatoms. The summed E-state index contributed by atoms with van der Waals surface area (Å²) in [5, 5.41) is 8.76. The molecular formula is C24H23FN4O. The maximum absolute atomic E-state index is 13.3. The number of allylic oxidation sites excluding steroid dienone is 1. The van der Waals surface area contributed by atoms with Crippen molar-refractivity contribution in [1.82, 2.24) is 19.9 Å². The third-order valence-corrected chi connectivity index (χ3v) is 5.17. The van der Waals surface area contributed by atoms with E-state index >= 15 is 0 Å². The second-order valence-electron chi connectivity index (χ2n) is 7.24. The van der Waals surface area contributed by atoms with E-state index in [1.165, 1.54) is 28.8 Å². The van der Waals surface area contributed by atoms with E-state index in [0.29, 0.717) is 24.0 Å². The normalized spacial score (nSPS) is 11.1. The Balaban J connectivity index is 1.69. The third kappa shape index (κ3) is 3.68. The molecule has 0 saturated carbocycles. The summed E-state index contributed by atoms with van der Waals surface area (Å²) in [6.07, 6.45) is 2.74. The maximum atomic E-state index is 13.3. The van der Waals surface area contributed by atoms with Crippen LogP contribution in [0.5, 0.6) is 0 Å². The molecule has 0 saturated heterocycles. The molecule has 0 radical (unpaired) electrons.